The minimum absolute atomic E-state index is 0.0240. The summed E-state index contributed by atoms with van der Waals surface area (Å²) in [6.07, 6.45) is 4.20. The molecule has 0 saturated carbocycles. The SMILES string of the molecule is CCC(C)CN(C)c1nccnc1/C(N)=N/O. The van der Waals surface area contributed by atoms with Gasteiger partial charge in [-0.15, -0.1) is 0 Å². The maximum absolute atomic E-state index is 8.70. The van der Waals surface area contributed by atoms with Crippen LogP contribution in [0.25, 0.3) is 0 Å². The van der Waals surface area contributed by atoms with E-state index >= 15 is 0 Å². The van der Waals surface area contributed by atoms with Crippen molar-refractivity contribution in [3.63, 3.8) is 0 Å². The van der Waals surface area contributed by atoms with Crippen LogP contribution < -0.4 is 10.6 Å². The van der Waals surface area contributed by atoms with Crippen LogP contribution in [0.5, 0.6) is 0 Å². The van der Waals surface area contributed by atoms with Crippen molar-refractivity contribution in [1.29, 1.82) is 0 Å². The minimum atomic E-state index is -0.0240. The van der Waals surface area contributed by atoms with Gasteiger partial charge in [0.15, 0.2) is 17.3 Å². The number of hydrogen-bond acceptors (Lipinski definition) is 5. The van der Waals surface area contributed by atoms with E-state index in [9.17, 15) is 0 Å². The molecule has 94 valence electrons. The van der Waals surface area contributed by atoms with Crippen LogP contribution in [0.2, 0.25) is 0 Å². The number of amidine groups is 1. The number of anilines is 1. The van der Waals surface area contributed by atoms with E-state index < -0.39 is 0 Å². The van der Waals surface area contributed by atoms with Crippen LogP contribution in [0.1, 0.15) is 26.0 Å². The maximum atomic E-state index is 8.70. The first-order valence-corrected chi connectivity index (χ1v) is 5.60. The Morgan fingerprint density at radius 2 is 2.18 bits per heavy atom. The monoisotopic (exact) mass is 237 g/mol. The highest BCUT2D eigenvalue weighted by molar-refractivity contribution is 5.99. The summed E-state index contributed by atoms with van der Waals surface area (Å²) >= 11 is 0. The average molecular weight is 237 g/mol. The fourth-order valence-electron chi connectivity index (χ4n) is 1.52. The molecule has 17 heavy (non-hydrogen) atoms. The Bertz CT molecular complexity index is 393. The highest BCUT2D eigenvalue weighted by Gasteiger charge is 2.15. The van der Waals surface area contributed by atoms with Gasteiger partial charge >= 0.3 is 0 Å². The van der Waals surface area contributed by atoms with Gasteiger partial charge in [-0.2, -0.15) is 0 Å². The third-order valence-corrected chi connectivity index (χ3v) is 2.67. The first-order chi connectivity index (χ1) is 8.10. The van der Waals surface area contributed by atoms with Gasteiger partial charge in [0.25, 0.3) is 0 Å². The topological polar surface area (TPSA) is 87.6 Å². The zero-order chi connectivity index (χ0) is 12.8. The molecule has 1 heterocycles. The highest BCUT2D eigenvalue weighted by atomic mass is 16.4. The first kappa shape index (κ1) is 13.2. The second-order valence-electron chi connectivity index (χ2n) is 4.11. The van der Waals surface area contributed by atoms with Gasteiger partial charge < -0.3 is 15.8 Å². The van der Waals surface area contributed by atoms with Gasteiger partial charge in [0.2, 0.25) is 0 Å². The van der Waals surface area contributed by atoms with E-state index in [4.69, 9.17) is 10.9 Å². The predicted molar refractivity (Wildman–Crippen MR) is 67.3 cm³/mol. The van der Waals surface area contributed by atoms with E-state index in [0.717, 1.165) is 13.0 Å². The average Bonchev–Trinajstić information content (AvgIpc) is 2.37. The zero-order valence-electron chi connectivity index (χ0n) is 10.5. The van der Waals surface area contributed by atoms with Gasteiger partial charge in [0, 0.05) is 26.0 Å². The molecule has 0 fully saturated rings. The van der Waals surface area contributed by atoms with Crippen molar-refractivity contribution in [2.75, 3.05) is 18.5 Å². The zero-order valence-corrected chi connectivity index (χ0v) is 10.5. The second kappa shape index (κ2) is 6.03. The van der Waals surface area contributed by atoms with Crippen molar-refractivity contribution in [1.82, 2.24) is 9.97 Å². The van der Waals surface area contributed by atoms with Crippen molar-refractivity contribution >= 4 is 11.7 Å². The van der Waals surface area contributed by atoms with Crippen LogP contribution in [0, 0.1) is 5.92 Å². The molecule has 0 radical (unpaired) electrons. The van der Waals surface area contributed by atoms with Gasteiger partial charge in [-0.1, -0.05) is 25.4 Å². The smallest absolute Gasteiger partial charge is 0.192 e. The summed E-state index contributed by atoms with van der Waals surface area (Å²) in [6, 6.07) is 0. The molecule has 6 nitrogen and oxygen atoms in total. The third-order valence-electron chi connectivity index (χ3n) is 2.67. The number of nitrogens with zero attached hydrogens (tertiary/aromatic N) is 4. The van der Waals surface area contributed by atoms with E-state index in [1.165, 1.54) is 6.20 Å². The van der Waals surface area contributed by atoms with Crippen molar-refractivity contribution in [2.45, 2.75) is 20.3 Å². The number of rotatable bonds is 5. The summed E-state index contributed by atoms with van der Waals surface area (Å²) in [5, 5.41) is 11.7. The van der Waals surface area contributed by atoms with Crippen LogP contribution in [-0.4, -0.2) is 34.6 Å². The van der Waals surface area contributed by atoms with Crippen molar-refractivity contribution in [3.05, 3.63) is 18.1 Å². The number of hydrogen-bond donors (Lipinski definition) is 2. The number of aromatic nitrogens is 2. The Balaban J connectivity index is 2.97. The second-order valence-corrected chi connectivity index (χ2v) is 4.11. The van der Waals surface area contributed by atoms with Crippen LogP contribution >= 0.6 is 0 Å². The van der Waals surface area contributed by atoms with E-state index in [-0.39, 0.29) is 5.84 Å². The Labute approximate surface area is 101 Å². The molecule has 6 heteroatoms. The molecule has 1 aromatic rings. The molecule has 0 aliphatic carbocycles. The lowest BCUT2D eigenvalue weighted by Gasteiger charge is -2.22. The van der Waals surface area contributed by atoms with Crippen molar-refractivity contribution in [2.24, 2.45) is 16.8 Å². The molecular weight excluding hydrogens is 218 g/mol. The van der Waals surface area contributed by atoms with Gasteiger partial charge in [-0.3, -0.25) is 0 Å². The standard InChI is InChI=1S/C11H19N5O/c1-4-8(2)7-16(3)11-9(10(12)15-17)13-5-6-14-11/h5-6,8,17H,4,7H2,1-3H3,(H2,12,15). The molecule has 3 N–H and O–H groups in total. The lowest BCUT2D eigenvalue weighted by atomic mass is 10.1. The normalized spacial score (nSPS) is 13.5. The summed E-state index contributed by atoms with van der Waals surface area (Å²) < 4.78 is 0. The van der Waals surface area contributed by atoms with Gasteiger partial charge in [0.1, 0.15) is 0 Å². The Morgan fingerprint density at radius 1 is 1.53 bits per heavy atom. The summed E-state index contributed by atoms with van der Waals surface area (Å²) in [5.41, 5.74) is 5.97. The lowest BCUT2D eigenvalue weighted by Crippen LogP contribution is -2.28. The van der Waals surface area contributed by atoms with Crippen molar-refractivity contribution in [3.8, 4) is 0 Å². The Morgan fingerprint density at radius 3 is 2.76 bits per heavy atom. The fourth-order valence-corrected chi connectivity index (χ4v) is 1.52. The summed E-state index contributed by atoms with van der Waals surface area (Å²) in [5.74, 6) is 1.15. The molecule has 0 spiro atoms. The summed E-state index contributed by atoms with van der Waals surface area (Å²) in [4.78, 5) is 10.3. The quantitative estimate of drug-likeness (QED) is 0.346. The molecule has 0 amide bonds. The largest absolute Gasteiger partial charge is 0.409 e. The molecule has 0 aromatic carbocycles. The van der Waals surface area contributed by atoms with E-state index in [1.54, 1.807) is 6.20 Å². The van der Waals surface area contributed by atoms with Gasteiger partial charge in [-0.05, 0) is 5.92 Å². The molecule has 1 rings (SSSR count). The number of nitrogens with two attached hydrogens (primary N) is 1. The van der Waals surface area contributed by atoms with Crippen LogP contribution in [0.15, 0.2) is 17.5 Å². The molecule has 1 aromatic heterocycles. The molecule has 0 aliphatic heterocycles. The summed E-state index contributed by atoms with van der Waals surface area (Å²) in [6.45, 7) is 5.15. The van der Waals surface area contributed by atoms with Crippen LogP contribution in [-0.2, 0) is 0 Å². The van der Waals surface area contributed by atoms with E-state index in [1.807, 2.05) is 11.9 Å². The predicted octanol–water partition coefficient (Wildman–Crippen LogP) is 1.05. The molecule has 1 unspecified atom stereocenters. The third kappa shape index (κ3) is 3.30. The van der Waals surface area contributed by atoms with E-state index in [0.29, 0.717) is 17.4 Å². The minimum Gasteiger partial charge on any atom is -0.409 e. The Hall–Kier alpha value is -1.85. The van der Waals surface area contributed by atoms with Gasteiger partial charge in [-0.25, -0.2) is 9.97 Å². The van der Waals surface area contributed by atoms with Crippen LogP contribution in [0.3, 0.4) is 0 Å². The van der Waals surface area contributed by atoms with Gasteiger partial charge in [0.05, 0.1) is 0 Å². The molecule has 0 aliphatic rings. The molecule has 0 bridgehead atoms. The van der Waals surface area contributed by atoms with Crippen molar-refractivity contribution < 1.29 is 5.21 Å². The highest BCUT2D eigenvalue weighted by Crippen LogP contribution is 2.15. The van der Waals surface area contributed by atoms with Crippen LogP contribution in [0.4, 0.5) is 5.82 Å². The van der Waals surface area contributed by atoms with E-state index in [2.05, 4.69) is 29.0 Å². The molecule has 1 atom stereocenters. The fraction of sp³-hybridized carbons (Fsp3) is 0.545. The first-order valence-electron chi connectivity index (χ1n) is 5.60. The Kier molecular flexibility index (Phi) is 4.68. The summed E-state index contributed by atoms with van der Waals surface area (Å²) in [7, 11) is 1.92. The molecule has 0 saturated heterocycles. The maximum Gasteiger partial charge on any atom is 0.192 e. The lowest BCUT2D eigenvalue weighted by molar-refractivity contribution is 0.318. The number of oxime groups is 1. The molecular formula is C11H19N5O.